The number of rotatable bonds is 6. The average Bonchev–Trinajstić information content (AvgIpc) is 3.26. The number of carbonyl (C=O) groups is 1. The molecule has 2 aromatic rings. The van der Waals surface area contributed by atoms with Crippen molar-refractivity contribution >= 4 is 5.78 Å². The number of carbonyl (C=O) groups excluding carboxylic acids is 1. The van der Waals surface area contributed by atoms with Gasteiger partial charge in [0, 0.05) is 23.1 Å². The number of nitrogens with one attached hydrogen (secondary N) is 1. The molecule has 0 unspecified atom stereocenters. The Kier molecular flexibility index (Phi) is 6.64. The molecular formula is C29H36N2O2. The number of nitrogens with zero attached hydrogens (tertiary/aromatic N) is 1. The van der Waals surface area contributed by atoms with Crippen LogP contribution in [0.3, 0.4) is 0 Å². The van der Waals surface area contributed by atoms with Crippen LogP contribution in [0.15, 0.2) is 42.5 Å². The summed E-state index contributed by atoms with van der Waals surface area (Å²) in [6.07, 6.45) is 7.23. The van der Waals surface area contributed by atoms with Gasteiger partial charge in [0.05, 0.1) is 5.56 Å². The van der Waals surface area contributed by atoms with Crippen LogP contribution >= 0.6 is 0 Å². The van der Waals surface area contributed by atoms with E-state index in [9.17, 15) is 10.1 Å². The Bertz CT molecular complexity index is 1040. The topological polar surface area (TPSA) is 62.1 Å². The van der Waals surface area contributed by atoms with E-state index in [-0.39, 0.29) is 16.9 Å². The molecule has 4 heteroatoms. The van der Waals surface area contributed by atoms with Crippen molar-refractivity contribution in [2.75, 3.05) is 0 Å². The third-order valence-corrected chi connectivity index (χ3v) is 7.10. The molecule has 33 heavy (non-hydrogen) atoms. The first-order chi connectivity index (χ1) is 15.7. The lowest BCUT2D eigenvalue weighted by atomic mass is 9.74. The first-order valence-corrected chi connectivity index (χ1v) is 12.3. The van der Waals surface area contributed by atoms with E-state index in [0.717, 1.165) is 42.6 Å². The van der Waals surface area contributed by atoms with Gasteiger partial charge < -0.3 is 10.1 Å². The van der Waals surface area contributed by atoms with Crippen LogP contribution in [0.4, 0.5) is 0 Å². The van der Waals surface area contributed by atoms with E-state index < -0.39 is 0 Å². The summed E-state index contributed by atoms with van der Waals surface area (Å²) in [5.74, 6) is 2.33. The van der Waals surface area contributed by atoms with Crippen molar-refractivity contribution in [2.45, 2.75) is 89.6 Å². The van der Waals surface area contributed by atoms with Crippen molar-refractivity contribution in [2.24, 2.45) is 5.92 Å². The van der Waals surface area contributed by atoms with E-state index in [1.165, 1.54) is 12.8 Å². The molecular weight excluding hydrogens is 408 g/mol. The molecule has 1 saturated carbocycles. The Hall–Kier alpha value is -2.64. The molecule has 0 bridgehead atoms. The highest BCUT2D eigenvalue weighted by Crippen LogP contribution is 2.42. The summed E-state index contributed by atoms with van der Waals surface area (Å²) in [6, 6.07) is 15.4. The number of ketones is 1. The van der Waals surface area contributed by atoms with E-state index in [1.807, 2.05) is 30.3 Å². The number of Topliss-reactive ketones (excluding diaryl/α,β-unsaturated/α-hetero) is 1. The lowest BCUT2D eigenvalue weighted by Gasteiger charge is -2.46. The van der Waals surface area contributed by atoms with Gasteiger partial charge >= 0.3 is 0 Å². The Balaban J connectivity index is 1.59. The molecule has 1 saturated heterocycles. The number of nitriles is 1. The van der Waals surface area contributed by atoms with Gasteiger partial charge in [-0.1, -0.05) is 25.0 Å². The molecule has 174 valence electrons. The highest BCUT2D eigenvalue weighted by molar-refractivity contribution is 5.96. The minimum Gasteiger partial charge on any atom is -0.456 e. The number of para-hydroxylation sites is 1. The fourth-order valence-electron chi connectivity index (χ4n) is 6.20. The molecule has 2 aromatic carbocycles. The zero-order valence-electron chi connectivity index (χ0n) is 20.4. The van der Waals surface area contributed by atoms with Crippen molar-refractivity contribution in [1.29, 1.82) is 5.26 Å². The van der Waals surface area contributed by atoms with E-state index >= 15 is 0 Å². The summed E-state index contributed by atoms with van der Waals surface area (Å²) in [5.41, 5.74) is 2.48. The predicted molar refractivity (Wildman–Crippen MR) is 132 cm³/mol. The molecule has 0 aromatic heterocycles. The summed E-state index contributed by atoms with van der Waals surface area (Å²) in [7, 11) is 0. The minimum atomic E-state index is 0.0353. The number of ether oxygens (including phenoxy) is 1. The van der Waals surface area contributed by atoms with E-state index in [1.54, 1.807) is 6.07 Å². The van der Waals surface area contributed by atoms with Gasteiger partial charge in [-0.2, -0.15) is 5.26 Å². The Morgan fingerprint density at radius 3 is 2.36 bits per heavy atom. The lowest BCUT2D eigenvalue weighted by molar-refractivity contribution is 0.0864. The molecule has 0 spiro atoms. The van der Waals surface area contributed by atoms with Crippen LogP contribution in [0.1, 0.15) is 100 Å². The normalized spacial score (nSPS) is 20.3. The smallest absolute Gasteiger partial charge is 0.163 e. The van der Waals surface area contributed by atoms with Gasteiger partial charge in [-0.15, -0.1) is 0 Å². The third-order valence-electron chi connectivity index (χ3n) is 7.10. The Morgan fingerprint density at radius 1 is 1.03 bits per heavy atom. The molecule has 0 atom stereocenters. The molecule has 4 rings (SSSR count). The van der Waals surface area contributed by atoms with Crippen LogP contribution in [0.2, 0.25) is 0 Å². The molecule has 2 aliphatic rings. The second kappa shape index (κ2) is 9.31. The standard InChI is InChI=1S/C29H36N2O2/c1-28(2)17-20(18-29(3,4)31-28)15-25(32)22-13-14-27(24(16-22)21-9-5-6-10-21)33-26-12-8-7-11-23(26)19-30/h7-8,11-14,16,20-21,31H,5-6,9-10,15,17-18H2,1-4H3. The highest BCUT2D eigenvalue weighted by Gasteiger charge is 2.38. The van der Waals surface area contributed by atoms with Gasteiger partial charge in [-0.25, -0.2) is 0 Å². The summed E-state index contributed by atoms with van der Waals surface area (Å²) in [6.45, 7) is 8.92. The maximum atomic E-state index is 13.4. The van der Waals surface area contributed by atoms with Gasteiger partial charge in [0.2, 0.25) is 0 Å². The minimum absolute atomic E-state index is 0.0353. The van der Waals surface area contributed by atoms with Gasteiger partial charge in [-0.05, 0) is 101 Å². The Morgan fingerprint density at radius 2 is 1.70 bits per heavy atom. The Labute approximate surface area is 198 Å². The van der Waals surface area contributed by atoms with Crippen LogP contribution in [0.5, 0.6) is 11.5 Å². The monoisotopic (exact) mass is 444 g/mol. The van der Waals surface area contributed by atoms with Gasteiger partial charge in [0.25, 0.3) is 0 Å². The lowest BCUT2D eigenvalue weighted by Crippen LogP contribution is -2.57. The zero-order valence-corrected chi connectivity index (χ0v) is 20.4. The largest absolute Gasteiger partial charge is 0.456 e. The van der Waals surface area contributed by atoms with Crippen molar-refractivity contribution in [1.82, 2.24) is 5.32 Å². The molecule has 1 aliphatic carbocycles. The first kappa shape index (κ1) is 23.5. The highest BCUT2D eigenvalue weighted by atomic mass is 16.5. The summed E-state index contributed by atoms with van der Waals surface area (Å²) in [5, 5.41) is 13.2. The first-order valence-electron chi connectivity index (χ1n) is 12.3. The number of hydrogen-bond donors (Lipinski definition) is 1. The molecule has 4 nitrogen and oxygen atoms in total. The average molecular weight is 445 g/mol. The van der Waals surface area contributed by atoms with Crippen LogP contribution in [0.25, 0.3) is 0 Å². The van der Waals surface area contributed by atoms with Crippen LogP contribution < -0.4 is 10.1 Å². The molecule has 1 N–H and O–H groups in total. The van der Waals surface area contributed by atoms with Crippen LogP contribution in [0, 0.1) is 17.2 Å². The van der Waals surface area contributed by atoms with Crippen molar-refractivity contribution < 1.29 is 9.53 Å². The number of benzene rings is 2. The van der Waals surface area contributed by atoms with E-state index in [0.29, 0.717) is 29.6 Å². The zero-order chi connectivity index (χ0) is 23.6. The van der Waals surface area contributed by atoms with Crippen molar-refractivity contribution in [3.05, 3.63) is 59.2 Å². The SMILES string of the molecule is CC1(C)CC(CC(=O)c2ccc(Oc3ccccc3C#N)c(C3CCCC3)c2)CC(C)(C)N1. The summed E-state index contributed by atoms with van der Waals surface area (Å²) in [4.78, 5) is 13.4. The number of piperidine rings is 1. The quantitative estimate of drug-likeness (QED) is 0.481. The van der Waals surface area contributed by atoms with E-state index in [2.05, 4.69) is 45.1 Å². The third kappa shape index (κ3) is 5.65. The van der Waals surface area contributed by atoms with Crippen LogP contribution in [-0.2, 0) is 0 Å². The predicted octanol–water partition coefficient (Wildman–Crippen LogP) is 7.14. The molecule has 1 aliphatic heterocycles. The second-order valence-electron chi connectivity index (χ2n) is 11.2. The molecule has 0 amide bonds. The second-order valence-corrected chi connectivity index (χ2v) is 11.2. The fraction of sp³-hybridized carbons (Fsp3) is 0.517. The van der Waals surface area contributed by atoms with Gasteiger partial charge in [-0.3, -0.25) is 4.79 Å². The van der Waals surface area contributed by atoms with Crippen molar-refractivity contribution in [3.8, 4) is 17.6 Å². The molecule has 1 heterocycles. The van der Waals surface area contributed by atoms with Crippen molar-refractivity contribution in [3.63, 3.8) is 0 Å². The number of hydrogen-bond acceptors (Lipinski definition) is 4. The maximum absolute atomic E-state index is 13.4. The molecule has 2 fully saturated rings. The van der Waals surface area contributed by atoms with Crippen LogP contribution in [-0.4, -0.2) is 16.9 Å². The maximum Gasteiger partial charge on any atom is 0.163 e. The van der Waals surface area contributed by atoms with Gasteiger partial charge in [0.1, 0.15) is 17.6 Å². The fourth-order valence-corrected chi connectivity index (χ4v) is 6.20. The van der Waals surface area contributed by atoms with E-state index in [4.69, 9.17) is 4.74 Å². The summed E-state index contributed by atoms with van der Waals surface area (Å²) >= 11 is 0. The molecule has 0 radical (unpaired) electrons. The summed E-state index contributed by atoms with van der Waals surface area (Å²) < 4.78 is 6.24. The van der Waals surface area contributed by atoms with Gasteiger partial charge in [0.15, 0.2) is 5.78 Å².